The van der Waals surface area contributed by atoms with E-state index in [1.165, 1.54) is 30.0 Å². The van der Waals surface area contributed by atoms with Crippen LogP contribution in [-0.4, -0.2) is 31.0 Å². The van der Waals surface area contributed by atoms with Crippen LogP contribution in [0.3, 0.4) is 0 Å². The highest BCUT2D eigenvalue weighted by Crippen LogP contribution is 2.33. The van der Waals surface area contributed by atoms with Gasteiger partial charge in [0.25, 0.3) is 11.8 Å². The molecule has 0 bridgehead atoms. The number of aryl methyl sites for hydroxylation is 1. The molecule has 0 saturated heterocycles. The zero-order valence-electron chi connectivity index (χ0n) is 13.6. The Morgan fingerprint density at radius 1 is 1.04 bits per heavy atom. The fraction of sp³-hybridized carbons (Fsp3) is 0.176. The number of fused-ring (bicyclic) bond motifs is 1. The van der Waals surface area contributed by atoms with Crippen molar-refractivity contribution in [2.75, 3.05) is 5.75 Å². The lowest BCUT2D eigenvalue weighted by molar-refractivity contribution is -0.0105. The standard InChI is InChI=1S/C17H15NO5S2/c1-3-24-14-6-4-5-13-15(14)17(20)18(16(13)19)23-25(21,22)12-9-7-11(2)8-10-12/h4-10H,3H2,1-2H3. The number of rotatable bonds is 5. The van der Waals surface area contributed by atoms with Crippen molar-refractivity contribution in [2.24, 2.45) is 0 Å². The second kappa shape index (κ2) is 6.62. The Morgan fingerprint density at radius 2 is 1.72 bits per heavy atom. The lowest BCUT2D eigenvalue weighted by Gasteiger charge is -2.13. The molecule has 1 aliphatic heterocycles. The summed E-state index contributed by atoms with van der Waals surface area (Å²) in [6, 6.07) is 10.8. The summed E-state index contributed by atoms with van der Waals surface area (Å²) in [6.45, 7) is 3.73. The second-order valence-corrected chi connectivity index (χ2v) is 8.19. The molecule has 0 radical (unpaired) electrons. The van der Waals surface area contributed by atoms with Gasteiger partial charge in [-0.15, -0.1) is 21.1 Å². The average molecular weight is 377 g/mol. The molecule has 0 N–H and O–H groups in total. The van der Waals surface area contributed by atoms with Crippen molar-refractivity contribution in [3.63, 3.8) is 0 Å². The van der Waals surface area contributed by atoms with E-state index in [2.05, 4.69) is 0 Å². The van der Waals surface area contributed by atoms with E-state index in [4.69, 9.17) is 4.28 Å². The Bertz CT molecular complexity index is 952. The Morgan fingerprint density at radius 3 is 2.36 bits per heavy atom. The number of thioether (sulfide) groups is 1. The summed E-state index contributed by atoms with van der Waals surface area (Å²) in [7, 11) is -4.29. The topological polar surface area (TPSA) is 80.8 Å². The molecule has 130 valence electrons. The SMILES string of the molecule is CCSc1cccc2c1C(=O)N(OS(=O)(=O)c1ccc(C)cc1)C2=O. The molecule has 3 rings (SSSR count). The molecule has 2 amide bonds. The summed E-state index contributed by atoms with van der Waals surface area (Å²) in [5.41, 5.74) is 1.20. The average Bonchev–Trinajstić information content (AvgIpc) is 2.81. The van der Waals surface area contributed by atoms with Gasteiger partial charge in [0.05, 0.1) is 16.0 Å². The number of hydrogen-bond donors (Lipinski definition) is 0. The highest BCUT2D eigenvalue weighted by atomic mass is 32.2. The Kier molecular flexibility index (Phi) is 4.68. The van der Waals surface area contributed by atoms with Crippen LogP contribution >= 0.6 is 11.8 Å². The monoisotopic (exact) mass is 377 g/mol. The first-order valence-electron chi connectivity index (χ1n) is 7.51. The molecule has 2 aromatic rings. The minimum Gasteiger partial charge on any atom is -0.266 e. The number of nitrogens with zero attached hydrogens (tertiary/aromatic N) is 1. The number of hydrogen-bond acceptors (Lipinski definition) is 6. The van der Waals surface area contributed by atoms with Gasteiger partial charge in [-0.3, -0.25) is 9.59 Å². The van der Waals surface area contributed by atoms with Gasteiger partial charge in [-0.2, -0.15) is 8.42 Å². The molecule has 0 unspecified atom stereocenters. The molecule has 0 atom stereocenters. The first-order chi connectivity index (χ1) is 11.8. The third kappa shape index (κ3) is 3.20. The van der Waals surface area contributed by atoms with Crippen LogP contribution in [0.5, 0.6) is 0 Å². The zero-order chi connectivity index (χ0) is 18.2. The summed E-state index contributed by atoms with van der Waals surface area (Å²) in [6.07, 6.45) is 0. The van der Waals surface area contributed by atoms with Gasteiger partial charge in [0, 0.05) is 4.90 Å². The summed E-state index contributed by atoms with van der Waals surface area (Å²) < 4.78 is 29.6. The van der Waals surface area contributed by atoms with Gasteiger partial charge < -0.3 is 0 Å². The molecule has 1 aliphatic rings. The van der Waals surface area contributed by atoms with Crippen LogP contribution in [-0.2, 0) is 14.4 Å². The van der Waals surface area contributed by atoms with E-state index >= 15 is 0 Å². The normalized spacial score (nSPS) is 14.1. The van der Waals surface area contributed by atoms with Crippen LogP contribution in [0.4, 0.5) is 0 Å². The molecule has 0 spiro atoms. The fourth-order valence-corrected chi connectivity index (χ4v) is 4.14. The third-order valence-corrected chi connectivity index (χ3v) is 5.76. The predicted molar refractivity (Wildman–Crippen MR) is 92.8 cm³/mol. The number of imide groups is 1. The van der Waals surface area contributed by atoms with Crippen LogP contribution < -0.4 is 0 Å². The van der Waals surface area contributed by atoms with E-state index in [1.807, 2.05) is 13.8 Å². The minimum absolute atomic E-state index is 0.127. The molecular weight excluding hydrogens is 362 g/mol. The predicted octanol–water partition coefficient (Wildman–Crippen LogP) is 3.02. The number of amides is 2. The molecule has 0 aliphatic carbocycles. The van der Waals surface area contributed by atoms with Gasteiger partial charge in [-0.1, -0.05) is 30.7 Å². The van der Waals surface area contributed by atoms with Crippen LogP contribution in [0.25, 0.3) is 0 Å². The molecule has 25 heavy (non-hydrogen) atoms. The van der Waals surface area contributed by atoms with Crippen molar-refractivity contribution in [3.05, 3.63) is 59.2 Å². The molecule has 0 fully saturated rings. The first-order valence-corrected chi connectivity index (χ1v) is 9.90. The maximum absolute atomic E-state index is 12.6. The van der Waals surface area contributed by atoms with Crippen molar-refractivity contribution in [3.8, 4) is 0 Å². The molecule has 0 aromatic heterocycles. The second-order valence-electron chi connectivity index (χ2n) is 5.36. The van der Waals surface area contributed by atoms with E-state index in [9.17, 15) is 18.0 Å². The Hall–Kier alpha value is -2.16. The lowest BCUT2D eigenvalue weighted by atomic mass is 10.1. The van der Waals surface area contributed by atoms with E-state index < -0.39 is 21.9 Å². The van der Waals surface area contributed by atoms with E-state index in [-0.39, 0.29) is 16.0 Å². The van der Waals surface area contributed by atoms with Crippen molar-refractivity contribution >= 4 is 33.7 Å². The largest absolute Gasteiger partial charge is 0.318 e. The van der Waals surface area contributed by atoms with E-state index in [0.29, 0.717) is 15.7 Å². The number of hydroxylamine groups is 2. The summed E-state index contributed by atoms with van der Waals surface area (Å²) in [5.74, 6) is -0.845. The van der Waals surface area contributed by atoms with Gasteiger partial charge in [0.15, 0.2) is 0 Å². The summed E-state index contributed by atoms with van der Waals surface area (Å²) in [4.78, 5) is 25.5. The highest BCUT2D eigenvalue weighted by molar-refractivity contribution is 7.99. The van der Waals surface area contributed by atoms with Crippen molar-refractivity contribution in [2.45, 2.75) is 23.6 Å². The smallest absolute Gasteiger partial charge is 0.266 e. The van der Waals surface area contributed by atoms with Gasteiger partial charge in [-0.05, 0) is 36.9 Å². The van der Waals surface area contributed by atoms with E-state index in [0.717, 1.165) is 5.56 Å². The maximum Gasteiger partial charge on any atom is 0.318 e. The third-order valence-electron chi connectivity index (χ3n) is 3.62. The number of carbonyl (C=O) groups is 2. The highest BCUT2D eigenvalue weighted by Gasteiger charge is 2.41. The van der Waals surface area contributed by atoms with E-state index in [1.54, 1.807) is 24.3 Å². The van der Waals surface area contributed by atoms with Crippen molar-refractivity contribution in [1.82, 2.24) is 5.06 Å². The molecule has 8 heteroatoms. The fourth-order valence-electron chi connectivity index (χ4n) is 2.42. The van der Waals surface area contributed by atoms with Crippen LogP contribution in [0.2, 0.25) is 0 Å². The van der Waals surface area contributed by atoms with Crippen LogP contribution in [0, 0.1) is 6.92 Å². The van der Waals surface area contributed by atoms with Gasteiger partial charge in [0.2, 0.25) is 0 Å². The maximum atomic E-state index is 12.6. The van der Waals surface area contributed by atoms with Gasteiger partial charge >= 0.3 is 10.1 Å². The minimum atomic E-state index is -4.29. The quantitative estimate of drug-likeness (QED) is 0.589. The van der Waals surface area contributed by atoms with Gasteiger partial charge in [0.1, 0.15) is 0 Å². The molecule has 0 saturated carbocycles. The summed E-state index contributed by atoms with van der Waals surface area (Å²) >= 11 is 1.40. The van der Waals surface area contributed by atoms with Crippen molar-refractivity contribution in [1.29, 1.82) is 0 Å². The lowest BCUT2D eigenvalue weighted by Crippen LogP contribution is -2.32. The molecule has 1 heterocycles. The van der Waals surface area contributed by atoms with Crippen LogP contribution in [0.15, 0.2) is 52.3 Å². The molecule has 6 nitrogen and oxygen atoms in total. The Labute approximate surface area is 149 Å². The van der Waals surface area contributed by atoms with Gasteiger partial charge in [-0.25, -0.2) is 0 Å². The molecular formula is C17H15NO5S2. The first kappa shape index (κ1) is 17.7. The Balaban J connectivity index is 1.94. The number of carbonyl (C=O) groups excluding carboxylic acids is 2. The number of benzene rings is 2. The summed E-state index contributed by atoms with van der Waals surface area (Å²) in [5, 5.41) is 0.319. The van der Waals surface area contributed by atoms with Crippen LogP contribution in [0.1, 0.15) is 33.2 Å². The zero-order valence-corrected chi connectivity index (χ0v) is 15.2. The molecule has 2 aromatic carbocycles. The van der Waals surface area contributed by atoms with Crippen molar-refractivity contribution < 1.29 is 22.3 Å².